The van der Waals surface area contributed by atoms with E-state index in [0.29, 0.717) is 43.6 Å². The zero-order valence-electron chi connectivity index (χ0n) is 22.4. The smallest absolute Gasteiger partial charge is 0.475 e. The van der Waals surface area contributed by atoms with Crippen LogP contribution in [-0.4, -0.2) is 94.5 Å². The fourth-order valence-corrected chi connectivity index (χ4v) is 3.93. The SMILES string of the molecule is O=C(NCC(F)(F)F)c1ccc(-n2nnc(C(=O)NCCN3CCCC3)c2CCCCCF)cc1.O=C(O)C(F)(F)F. The molecule has 0 spiro atoms. The summed E-state index contributed by atoms with van der Waals surface area (Å²) in [4.78, 5) is 36.0. The van der Waals surface area contributed by atoms with Crippen LogP contribution in [0.1, 0.15) is 58.6 Å². The Labute approximate surface area is 236 Å². The van der Waals surface area contributed by atoms with E-state index in [4.69, 9.17) is 9.90 Å². The van der Waals surface area contributed by atoms with Crippen molar-refractivity contribution < 1.29 is 50.2 Å². The Morgan fingerprint density at radius 2 is 1.52 bits per heavy atom. The van der Waals surface area contributed by atoms with Crippen LogP contribution in [0.5, 0.6) is 0 Å². The second kappa shape index (κ2) is 16.0. The van der Waals surface area contributed by atoms with Gasteiger partial charge >= 0.3 is 18.3 Å². The minimum atomic E-state index is -5.08. The zero-order chi connectivity index (χ0) is 31.3. The lowest BCUT2D eigenvalue weighted by Crippen LogP contribution is -2.34. The Morgan fingerprint density at radius 1 is 0.905 bits per heavy atom. The summed E-state index contributed by atoms with van der Waals surface area (Å²) in [6, 6.07) is 5.81. The van der Waals surface area contributed by atoms with E-state index in [1.165, 1.54) is 28.9 Å². The number of hydrogen-bond acceptors (Lipinski definition) is 6. The number of halogens is 7. The highest BCUT2D eigenvalue weighted by atomic mass is 19.4. The molecule has 3 rings (SSSR count). The molecule has 3 N–H and O–H groups in total. The molecule has 2 aromatic rings. The minimum Gasteiger partial charge on any atom is -0.475 e. The highest BCUT2D eigenvalue weighted by Crippen LogP contribution is 2.18. The van der Waals surface area contributed by atoms with Gasteiger partial charge in [0, 0.05) is 18.7 Å². The summed E-state index contributed by atoms with van der Waals surface area (Å²) in [6.07, 6.45) is -5.14. The maximum Gasteiger partial charge on any atom is 0.490 e. The molecule has 1 aromatic heterocycles. The molecule has 0 unspecified atom stereocenters. The van der Waals surface area contributed by atoms with Crippen molar-refractivity contribution in [2.75, 3.05) is 39.4 Å². The molecular weight excluding hydrogens is 581 g/mol. The van der Waals surface area contributed by atoms with Crippen molar-refractivity contribution in [2.24, 2.45) is 0 Å². The molecular formula is C25H31F7N6O4. The van der Waals surface area contributed by atoms with Crippen LogP contribution >= 0.6 is 0 Å². The Hall–Kier alpha value is -3.76. The number of nitrogens with zero attached hydrogens (tertiary/aromatic N) is 4. The van der Waals surface area contributed by atoms with E-state index in [0.717, 1.165) is 32.5 Å². The molecule has 0 saturated carbocycles. The first-order valence-corrected chi connectivity index (χ1v) is 13.0. The monoisotopic (exact) mass is 612 g/mol. The number of alkyl halides is 7. The molecule has 0 radical (unpaired) electrons. The highest BCUT2D eigenvalue weighted by Gasteiger charge is 2.38. The van der Waals surface area contributed by atoms with Crippen molar-refractivity contribution >= 4 is 17.8 Å². The van der Waals surface area contributed by atoms with Crippen molar-refractivity contribution in [3.8, 4) is 5.69 Å². The minimum absolute atomic E-state index is 0.0579. The predicted molar refractivity (Wildman–Crippen MR) is 135 cm³/mol. The van der Waals surface area contributed by atoms with Gasteiger partial charge in [-0.25, -0.2) is 9.48 Å². The van der Waals surface area contributed by atoms with Crippen LogP contribution in [0.2, 0.25) is 0 Å². The number of carbonyl (C=O) groups is 3. The second-order valence-electron chi connectivity index (χ2n) is 9.25. The van der Waals surface area contributed by atoms with Gasteiger partial charge in [-0.05, 0) is 69.5 Å². The molecule has 2 amide bonds. The van der Waals surface area contributed by atoms with E-state index in [2.05, 4.69) is 20.5 Å². The quantitative estimate of drug-likeness (QED) is 0.246. The van der Waals surface area contributed by atoms with E-state index in [-0.39, 0.29) is 17.2 Å². The molecule has 1 aliphatic heterocycles. The average Bonchev–Trinajstić information content (AvgIpc) is 3.59. The number of amides is 2. The summed E-state index contributed by atoms with van der Waals surface area (Å²) in [5.74, 6) is -3.96. The van der Waals surface area contributed by atoms with Gasteiger partial charge in [-0.15, -0.1) is 5.10 Å². The first-order valence-electron chi connectivity index (χ1n) is 13.0. The first-order chi connectivity index (χ1) is 19.7. The zero-order valence-corrected chi connectivity index (χ0v) is 22.4. The van der Waals surface area contributed by atoms with Crippen molar-refractivity contribution in [2.45, 2.75) is 50.9 Å². The van der Waals surface area contributed by atoms with Gasteiger partial charge in [-0.1, -0.05) is 11.6 Å². The maximum absolute atomic E-state index is 12.8. The van der Waals surface area contributed by atoms with Gasteiger partial charge in [-0.2, -0.15) is 26.3 Å². The van der Waals surface area contributed by atoms with Crippen molar-refractivity contribution in [3.63, 3.8) is 0 Å². The predicted octanol–water partition coefficient (Wildman–Crippen LogP) is 3.70. The summed E-state index contributed by atoms with van der Waals surface area (Å²) in [5.41, 5.74) is 1.29. The van der Waals surface area contributed by atoms with E-state index >= 15 is 0 Å². The van der Waals surface area contributed by atoms with Gasteiger partial charge in [-0.3, -0.25) is 14.0 Å². The van der Waals surface area contributed by atoms with Gasteiger partial charge in [0.15, 0.2) is 5.69 Å². The standard InChI is InChI=1S/C23H30F4N6O2.C2HF3O2/c24-11-3-1-2-6-19-20(22(35)28-12-15-32-13-4-5-14-32)30-31-33(19)18-9-7-17(8-10-18)21(34)29-16-23(25,26)27;3-2(4,5)1(6)7/h7-10H,1-6,11-16H2,(H,28,35)(H,29,34);(H,6,7). The molecule has 2 heterocycles. The number of aromatic nitrogens is 3. The Morgan fingerprint density at radius 3 is 2.07 bits per heavy atom. The van der Waals surface area contributed by atoms with Gasteiger partial charge < -0.3 is 20.6 Å². The third-order valence-electron chi connectivity index (χ3n) is 6.00. The summed E-state index contributed by atoms with van der Waals surface area (Å²) in [7, 11) is 0. The topological polar surface area (TPSA) is 129 Å². The van der Waals surface area contributed by atoms with E-state index in [9.17, 15) is 40.3 Å². The number of aliphatic carboxylic acids is 1. The van der Waals surface area contributed by atoms with Crippen molar-refractivity contribution in [1.82, 2.24) is 30.5 Å². The number of carbonyl (C=O) groups excluding carboxylic acids is 2. The lowest BCUT2D eigenvalue weighted by molar-refractivity contribution is -0.192. The normalized spacial score (nSPS) is 13.8. The lowest BCUT2D eigenvalue weighted by Gasteiger charge is -2.14. The number of rotatable bonds is 12. The number of carboxylic acid groups (broad SMARTS) is 1. The maximum atomic E-state index is 12.8. The molecule has 0 aliphatic carbocycles. The molecule has 17 heteroatoms. The molecule has 42 heavy (non-hydrogen) atoms. The van der Waals surface area contributed by atoms with Crippen molar-refractivity contribution in [3.05, 3.63) is 41.2 Å². The fourth-order valence-electron chi connectivity index (χ4n) is 3.93. The molecule has 0 atom stereocenters. The number of hydrogen-bond donors (Lipinski definition) is 3. The van der Waals surface area contributed by atoms with Crippen LogP contribution < -0.4 is 10.6 Å². The average molecular weight is 613 g/mol. The molecule has 1 aliphatic rings. The van der Waals surface area contributed by atoms with E-state index in [1.54, 1.807) is 0 Å². The van der Waals surface area contributed by atoms with Crippen LogP contribution in [0.3, 0.4) is 0 Å². The summed E-state index contributed by atoms with van der Waals surface area (Å²) in [5, 5.41) is 20.0. The molecule has 234 valence electrons. The van der Waals surface area contributed by atoms with Crippen LogP contribution in [0.15, 0.2) is 24.3 Å². The van der Waals surface area contributed by atoms with Gasteiger partial charge in [0.1, 0.15) is 6.54 Å². The van der Waals surface area contributed by atoms with Crippen LogP contribution in [0, 0.1) is 0 Å². The second-order valence-corrected chi connectivity index (χ2v) is 9.25. The number of carboxylic acids is 1. The molecule has 0 bridgehead atoms. The summed E-state index contributed by atoms with van der Waals surface area (Å²) >= 11 is 0. The Bertz CT molecular complexity index is 1160. The number of nitrogens with one attached hydrogen (secondary N) is 2. The van der Waals surface area contributed by atoms with Gasteiger partial charge in [0.05, 0.1) is 18.1 Å². The third kappa shape index (κ3) is 11.6. The van der Waals surface area contributed by atoms with Gasteiger partial charge in [0.2, 0.25) is 0 Å². The highest BCUT2D eigenvalue weighted by molar-refractivity contribution is 5.94. The number of benzene rings is 1. The molecule has 1 fully saturated rings. The Kier molecular flexibility index (Phi) is 13.1. The van der Waals surface area contributed by atoms with Gasteiger partial charge in [0.25, 0.3) is 11.8 Å². The van der Waals surface area contributed by atoms with Crippen LogP contribution in [0.4, 0.5) is 30.7 Å². The lowest BCUT2D eigenvalue weighted by atomic mass is 10.1. The summed E-state index contributed by atoms with van der Waals surface area (Å²) in [6.45, 7) is 1.44. The largest absolute Gasteiger partial charge is 0.490 e. The number of unbranched alkanes of at least 4 members (excludes halogenated alkanes) is 2. The molecule has 10 nitrogen and oxygen atoms in total. The van der Waals surface area contributed by atoms with Crippen molar-refractivity contribution in [1.29, 1.82) is 0 Å². The van der Waals surface area contributed by atoms with Crippen LogP contribution in [0.25, 0.3) is 5.69 Å². The summed E-state index contributed by atoms with van der Waals surface area (Å²) < 4.78 is 82.8. The van der Waals surface area contributed by atoms with E-state index < -0.39 is 37.4 Å². The fraction of sp³-hybridized carbons (Fsp3) is 0.560. The molecule has 1 aromatic carbocycles. The van der Waals surface area contributed by atoms with Crippen LogP contribution in [-0.2, 0) is 11.2 Å². The van der Waals surface area contributed by atoms with E-state index in [1.807, 2.05) is 5.32 Å². The number of likely N-dealkylation sites (tertiary alicyclic amines) is 1. The first kappa shape index (κ1) is 34.4. The Balaban J connectivity index is 0.000000782. The molecule has 1 saturated heterocycles. The third-order valence-corrected chi connectivity index (χ3v) is 6.00.